The summed E-state index contributed by atoms with van der Waals surface area (Å²) in [4.78, 5) is 22.8. The summed E-state index contributed by atoms with van der Waals surface area (Å²) in [6, 6.07) is -0.901. The summed E-state index contributed by atoms with van der Waals surface area (Å²) in [7, 11) is -4.38. The lowest BCUT2D eigenvalue weighted by Crippen LogP contribution is -2.47. The monoisotopic (exact) mass is 787 g/mol. The summed E-state index contributed by atoms with van der Waals surface area (Å²) in [5.41, 5.74) is 5.37. The van der Waals surface area contributed by atoms with Gasteiger partial charge in [0.2, 0.25) is 5.91 Å². The summed E-state index contributed by atoms with van der Waals surface area (Å²) in [5, 5.41) is 24.2. The number of carbonyl (C=O) groups excluding carboxylic acids is 1. The van der Waals surface area contributed by atoms with Crippen LogP contribution in [-0.2, 0) is 18.4 Å². The number of rotatable bonds is 42. The van der Waals surface area contributed by atoms with E-state index >= 15 is 0 Å². The molecular weight excluding hydrogens is 699 g/mol. The maximum absolute atomic E-state index is 12.8. The highest BCUT2D eigenvalue weighted by Crippen LogP contribution is 2.43. The van der Waals surface area contributed by atoms with E-state index in [0.29, 0.717) is 12.8 Å². The van der Waals surface area contributed by atoms with Crippen LogP contribution >= 0.6 is 7.82 Å². The second-order valence-electron chi connectivity index (χ2n) is 15.5. The molecule has 10 heteroatoms. The topological polar surface area (TPSA) is 151 Å². The molecule has 0 aromatic heterocycles. The van der Waals surface area contributed by atoms with E-state index in [1.807, 2.05) is 0 Å². The second kappa shape index (κ2) is 40.1. The predicted octanol–water partition coefficient (Wildman–Crippen LogP) is 11.5. The third-order valence-electron chi connectivity index (χ3n) is 10.1. The number of phosphoric ester groups is 1. The van der Waals surface area contributed by atoms with Crippen molar-refractivity contribution in [2.24, 2.45) is 5.73 Å². The van der Waals surface area contributed by atoms with Gasteiger partial charge < -0.3 is 26.2 Å². The van der Waals surface area contributed by atoms with Gasteiger partial charge in [0, 0.05) is 6.54 Å². The van der Waals surface area contributed by atoms with Crippen molar-refractivity contribution in [1.29, 1.82) is 0 Å². The fourth-order valence-electron chi connectivity index (χ4n) is 6.70. The molecule has 0 saturated heterocycles. The third-order valence-corrected chi connectivity index (χ3v) is 11.1. The molecule has 0 spiro atoms. The van der Waals surface area contributed by atoms with Gasteiger partial charge in [-0.1, -0.05) is 192 Å². The van der Waals surface area contributed by atoms with Gasteiger partial charge in [-0.2, -0.15) is 0 Å². The van der Waals surface area contributed by atoms with Gasteiger partial charge in [-0.15, -0.1) is 0 Å². The summed E-state index contributed by atoms with van der Waals surface area (Å²) >= 11 is 0. The van der Waals surface area contributed by atoms with E-state index in [2.05, 4.69) is 43.5 Å². The highest BCUT2D eigenvalue weighted by Gasteiger charge is 2.28. The number of nitrogens with two attached hydrogens (primary N) is 1. The third kappa shape index (κ3) is 37.8. The maximum atomic E-state index is 12.8. The largest absolute Gasteiger partial charge is 0.472 e. The van der Waals surface area contributed by atoms with Crippen molar-refractivity contribution < 1.29 is 33.5 Å². The van der Waals surface area contributed by atoms with Gasteiger partial charge in [0.1, 0.15) is 0 Å². The molecular formula is C44H87N2O7P. The first kappa shape index (κ1) is 52.9. The predicted molar refractivity (Wildman–Crippen MR) is 227 cm³/mol. The number of hydrogen-bond acceptors (Lipinski definition) is 7. The molecule has 0 saturated carbocycles. The molecule has 0 aromatic carbocycles. The molecule has 0 aliphatic carbocycles. The minimum atomic E-state index is -4.38. The standard InChI is InChI=1S/C44H87N2O7P/c1-3-5-7-9-11-13-15-17-18-19-20-21-22-24-26-28-30-32-34-36-43(48)42(40-53-54(50,51)52-38-37-45)46-44(49)39-41(47)35-33-31-29-27-25-23-16-14-12-10-8-6-4-2/h12,14,16,23,41-43,47-48H,3-11,13,15,17-22,24-40,45H2,1-2H3,(H,46,49)(H,50,51)/b14-12-,23-16-. The Kier molecular flexibility index (Phi) is 39.4. The molecule has 1 amide bonds. The average molecular weight is 787 g/mol. The van der Waals surface area contributed by atoms with Crippen LogP contribution in [0.5, 0.6) is 0 Å². The first-order valence-corrected chi connectivity index (χ1v) is 24.0. The number of unbranched alkanes of at least 4 members (excludes halogenated alkanes) is 25. The Balaban J connectivity index is 4.25. The van der Waals surface area contributed by atoms with E-state index in [9.17, 15) is 24.5 Å². The molecule has 54 heavy (non-hydrogen) atoms. The van der Waals surface area contributed by atoms with Crippen molar-refractivity contribution in [3.8, 4) is 0 Å². The molecule has 0 aliphatic heterocycles. The fraction of sp³-hybridized carbons (Fsp3) is 0.886. The molecule has 320 valence electrons. The van der Waals surface area contributed by atoms with Gasteiger partial charge >= 0.3 is 7.82 Å². The van der Waals surface area contributed by atoms with E-state index in [-0.39, 0.29) is 26.2 Å². The molecule has 4 atom stereocenters. The molecule has 0 radical (unpaired) electrons. The van der Waals surface area contributed by atoms with Gasteiger partial charge in [-0.05, 0) is 38.5 Å². The van der Waals surface area contributed by atoms with Crippen LogP contribution in [0.25, 0.3) is 0 Å². The molecule has 0 fully saturated rings. The Morgan fingerprint density at radius 3 is 1.52 bits per heavy atom. The minimum absolute atomic E-state index is 0.0574. The smallest absolute Gasteiger partial charge is 0.393 e. The number of hydrogen-bond donors (Lipinski definition) is 5. The van der Waals surface area contributed by atoms with E-state index in [1.54, 1.807) is 0 Å². The lowest BCUT2D eigenvalue weighted by atomic mass is 10.0. The number of nitrogens with one attached hydrogen (secondary N) is 1. The SMILES string of the molecule is CCCCC/C=C\C=C/CCCCCCC(O)CC(=O)NC(COP(=O)(O)OCCN)C(O)CCCCCCCCCCCCCCCCCCCCC. The van der Waals surface area contributed by atoms with Crippen molar-refractivity contribution in [2.75, 3.05) is 19.8 Å². The van der Waals surface area contributed by atoms with Gasteiger partial charge in [0.05, 0.1) is 37.9 Å². The van der Waals surface area contributed by atoms with Crippen LogP contribution in [0.1, 0.15) is 213 Å². The molecule has 0 aliphatic rings. The van der Waals surface area contributed by atoms with Crippen LogP contribution in [0, 0.1) is 0 Å². The zero-order valence-electron chi connectivity index (χ0n) is 35.1. The van der Waals surface area contributed by atoms with E-state index in [1.165, 1.54) is 122 Å². The zero-order chi connectivity index (χ0) is 39.8. The average Bonchev–Trinajstić information content (AvgIpc) is 3.15. The first-order valence-electron chi connectivity index (χ1n) is 22.5. The van der Waals surface area contributed by atoms with E-state index < -0.39 is 32.0 Å². The van der Waals surface area contributed by atoms with Crippen molar-refractivity contribution >= 4 is 13.7 Å². The Hall–Kier alpha value is -1.06. The molecule has 0 rings (SSSR count). The van der Waals surface area contributed by atoms with E-state index in [0.717, 1.165) is 57.8 Å². The number of allylic oxidation sites excluding steroid dienone is 4. The normalized spacial score (nSPS) is 14.9. The molecule has 9 nitrogen and oxygen atoms in total. The zero-order valence-corrected chi connectivity index (χ0v) is 36.0. The molecule has 0 aromatic rings. The van der Waals surface area contributed by atoms with Crippen LogP contribution in [-0.4, -0.2) is 59.0 Å². The summed E-state index contributed by atoms with van der Waals surface area (Å²) in [6.07, 6.45) is 42.2. The number of aliphatic hydroxyl groups is 2. The van der Waals surface area contributed by atoms with Crippen molar-refractivity contribution in [3.05, 3.63) is 24.3 Å². The van der Waals surface area contributed by atoms with Crippen LogP contribution in [0.4, 0.5) is 0 Å². The van der Waals surface area contributed by atoms with Crippen LogP contribution in [0.2, 0.25) is 0 Å². The van der Waals surface area contributed by atoms with Gasteiger partial charge in [-0.3, -0.25) is 13.8 Å². The minimum Gasteiger partial charge on any atom is -0.393 e. The Labute approximate surface area is 332 Å². The van der Waals surface area contributed by atoms with Crippen molar-refractivity contribution in [2.45, 2.75) is 231 Å². The molecule has 6 N–H and O–H groups in total. The lowest BCUT2D eigenvalue weighted by Gasteiger charge is -2.25. The van der Waals surface area contributed by atoms with Crippen LogP contribution in [0.3, 0.4) is 0 Å². The van der Waals surface area contributed by atoms with Gasteiger partial charge in [0.25, 0.3) is 0 Å². The number of aliphatic hydroxyl groups excluding tert-OH is 2. The van der Waals surface area contributed by atoms with Crippen LogP contribution < -0.4 is 11.1 Å². The van der Waals surface area contributed by atoms with Crippen molar-refractivity contribution in [3.63, 3.8) is 0 Å². The molecule has 4 unspecified atom stereocenters. The first-order chi connectivity index (χ1) is 26.3. The number of phosphoric acid groups is 1. The van der Waals surface area contributed by atoms with Crippen LogP contribution in [0.15, 0.2) is 24.3 Å². The van der Waals surface area contributed by atoms with Crippen molar-refractivity contribution in [1.82, 2.24) is 5.32 Å². The molecule has 0 bridgehead atoms. The summed E-state index contributed by atoms with van der Waals surface area (Å²) in [6.45, 7) is 4.01. The Morgan fingerprint density at radius 1 is 0.630 bits per heavy atom. The number of carbonyl (C=O) groups is 1. The maximum Gasteiger partial charge on any atom is 0.472 e. The number of amides is 1. The second-order valence-corrected chi connectivity index (χ2v) is 16.9. The Morgan fingerprint density at radius 2 is 1.04 bits per heavy atom. The molecule has 0 heterocycles. The lowest BCUT2D eigenvalue weighted by molar-refractivity contribution is -0.125. The highest BCUT2D eigenvalue weighted by atomic mass is 31.2. The van der Waals surface area contributed by atoms with Gasteiger partial charge in [0.15, 0.2) is 0 Å². The quantitative estimate of drug-likeness (QED) is 0.0233. The fourth-order valence-corrected chi connectivity index (χ4v) is 7.46. The Bertz CT molecular complexity index is 919. The summed E-state index contributed by atoms with van der Waals surface area (Å²) in [5.74, 6) is -0.424. The van der Waals surface area contributed by atoms with E-state index in [4.69, 9.17) is 14.8 Å². The van der Waals surface area contributed by atoms with Gasteiger partial charge in [-0.25, -0.2) is 4.57 Å². The highest BCUT2D eigenvalue weighted by molar-refractivity contribution is 7.47. The summed E-state index contributed by atoms with van der Waals surface area (Å²) < 4.78 is 22.1.